The van der Waals surface area contributed by atoms with Gasteiger partial charge in [0.05, 0.1) is 29.5 Å². The van der Waals surface area contributed by atoms with Gasteiger partial charge in [-0.15, -0.1) is 0 Å². The summed E-state index contributed by atoms with van der Waals surface area (Å²) < 4.78 is 40.0. The zero-order valence-corrected chi connectivity index (χ0v) is 23.3. The number of para-hydroxylation sites is 1. The molecule has 9 nitrogen and oxygen atoms in total. The highest BCUT2D eigenvalue weighted by atomic mass is 32.2. The lowest BCUT2D eigenvalue weighted by Gasteiger charge is -2.34. The third-order valence-electron chi connectivity index (χ3n) is 7.26. The summed E-state index contributed by atoms with van der Waals surface area (Å²) in [7, 11) is -0.490. The molecule has 3 aromatic carbocycles. The van der Waals surface area contributed by atoms with E-state index in [1.807, 2.05) is 36.4 Å². The summed E-state index contributed by atoms with van der Waals surface area (Å²) in [6, 6.07) is 17.7. The van der Waals surface area contributed by atoms with Crippen molar-refractivity contribution in [1.82, 2.24) is 9.88 Å². The predicted molar refractivity (Wildman–Crippen MR) is 152 cm³/mol. The summed E-state index contributed by atoms with van der Waals surface area (Å²) in [6.45, 7) is 2.79. The number of hydrogen-bond donors (Lipinski definition) is 0. The molecule has 0 spiro atoms. The summed E-state index contributed by atoms with van der Waals surface area (Å²) in [5.74, 6) is 1.15. The number of benzene rings is 3. The standard InChI is InChI=1S/C28H28N4O5S2/c1-36-23-11-12-24-25(26(23)37-2)29-28(38-24)31-17-15-30(16-18-31)27(33)20-7-9-21(10-8-20)39(34,35)32-14-13-19-5-3-4-6-22(19)32/h3-12H,13-18H2,1-2H3. The highest BCUT2D eigenvalue weighted by molar-refractivity contribution is 7.92. The van der Waals surface area contributed by atoms with E-state index in [2.05, 4.69) is 4.90 Å². The number of piperazine rings is 1. The number of thiazole rings is 1. The molecule has 0 saturated carbocycles. The first-order chi connectivity index (χ1) is 18.9. The van der Waals surface area contributed by atoms with E-state index in [4.69, 9.17) is 14.5 Å². The number of carbonyl (C=O) groups excluding carboxylic acids is 1. The molecule has 6 rings (SSSR count). The third kappa shape index (κ3) is 4.45. The summed E-state index contributed by atoms with van der Waals surface area (Å²) in [5.41, 5.74) is 2.99. The van der Waals surface area contributed by atoms with Crippen LogP contribution in [0.4, 0.5) is 10.8 Å². The molecule has 0 aliphatic carbocycles. The largest absolute Gasteiger partial charge is 0.493 e. The molecular formula is C28H28N4O5S2. The van der Waals surface area contributed by atoms with E-state index in [0.29, 0.717) is 56.2 Å². The Hall–Kier alpha value is -3.83. The van der Waals surface area contributed by atoms with Crippen LogP contribution in [0.3, 0.4) is 0 Å². The minimum atomic E-state index is -3.70. The third-order valence-corrected chi connectivity index (χ3v) is 10.2. The lowest BCUT2D eigenvalue weighted by molar-refractivity contribution is 0.0746. The van der Waals surface area contributed by atoms with Crippen molar-refractivity contribution in [2.75, 3.05) is 56.1 Å². The normalized spacial score (nSPS) is 15.5. The van der Waals surface area contributed by atoms with Gasteiger partial charge in [0.15, 0.2) is 16.6 Å². The molecule has 0 unspecified atom stereocenters. The molecule has 0 radical (unpaired) electrons. The van der Waals surface area contributed by atoms with Gasteiger partial charge in [-0.2, -0.15) is 0 Å². The maximum absolute atomic E-state index is 13.3. The van der Waals surface area contributed by atoms with Crippen LogP contribution in [0.15, 0.2) is 65.6 Å². The number of sulfonamides is 1. The Balaban J connectivity index is 1.13. The van der Waals surface area contributed by atoms with E-state index in [1.54, 1.807) is 42.6 Å². The van der Waals surface area contributed by atoms with Crippen molar-refractivity contribution in [1.29, 1.82) is 0 Å². The van der Waals surface area contributed by atoms with Crippen molar-refractivity contribution in [3.63, 3.8) is 0 Å². The Morgan fingerprint density at radius 2 is 1.64 bits per heavy atom. The molecule has 3 heterocycles. The summed E-state index contributed by atoms with van der Waals surface area (Å²) >= 11 is 1.58. The topological polar surface area (TPSA) is 92.3 Å². The maximum Gasteiger partial charge on any atom is 0.264 e. The van der Waals surface area contributed by atoms with Crippen molar-refractivity contribution in [3.8, 4) is 11.5 Å². The maximum atomic E-state index is 13.3. The zero-order chi connectivity index (χ0) is 27.1. The number of carbonyl (C=O) groups is 1. The average molecular weight is 565 g/mol. The highest BCUT2D eigenvalue weighted by Gasteiger charge is 2.31. The van der Waals surface area contributed by atoms with Gasteiger partial charge in [-0.3, -0.25) is 9.10 Å². The zero-order valence-electron chi connectivity index (χ0n) is 21.7. The smallest absolute Gasteiger partial charge is 0.264 e. The van der Waals surface area contributed by atoms with Crippen molar-refractivity contribution < 1.29 is 22.7 Å². The first-order valence-corrected chi connectivity index (χ1v) is 14.9. The van der Waals surface area contributed by atoms with Gasteiger partial charge in [0, 0.05) is 38.3 Å². The second kappa shape index (κ2) is 10.0. The summed E-state index contributed by atoms with van der Waals surface area (Å²) in [5, 5.41) is 0.877. The quantitative estimate of drug-likeness (QED) is 0.349. The molecule has 1 amide bonds. The minimum absolute atomic E-state index is 0.110. The number of rotatable bonds is 6. The van der Waals surface area contributed by atoms with Gasteiger partial charge in [0.2, 0.25) is 0 Å². The van der Waals surface area contributed by atoms with Gasteiger partial charge in [0.25, 0.3) is 15.9 Å². The molecule has 11 heteroatoms. The molecule has 202 valence electrons. The van der Waals surface area contributed by atoms with Crippen LogP contribution in [-0.4, -0.2) is 71.2 Å². The Labute approximate surface area is 231 Å². The van der Waals surface area contributed by atoms with Crippen molar-refractivity contribution in [3.05, 3.63) is 71.8 Å². The molecule has 0 atom stereocenters. The minimum Gasteiger partial charge on any atom is -0.493 e. The molecule has 1 fully saturated rings. The number of amides is 1. The number of hydrogen-bond acceptors (Lipinski definition) is 8. The fraction of sp³-hybridized carbons (Fsp3) is 0.286. The van der Waals surface area contributed by atoms with Gasteiger partial charge in [0.1, 0.15) is 5.52 Å². The second-order valence-corrected chi connectivity index (χ2v) is 12.3. The van der Waals surface area contributed by atoms with Crippen molar-refractivity contribution >= 4 is 48.3 Å². The predicted octanol–water partition coefficient (Wildman–Crippen LogP) is 4.03. The Morgan fingerprint density at radius 3 is 2.36 bits per heavy atom. The lowest BCUT2D eigenvalue weighted by atomic mass is 10.2. The number of nitrogens with zero attached hydrogens (tertiary/aromatic N) is 4. The molecule has 0 bridgehead atoms. The van der Waals surface area contributed by atoms with Gasteiger partial charge >= 0.3 is 0 Å². The Kier molecular flexibility index (Phi) is 6.56. The average Bonchev–Trinajstić information content (AvgIpc) is 3.61. The number of aromatic nitrogens is 1. The van der Waals surface area contributed by atoms with Gasteiger partial charge in [-0.05, 0) is 54.4 Å². The van der Waals surface area contributed by atoms with Gasteiger partial charge < -0.3 is 19.3 Å². The first-order valence-electron chi connectivity index (χ1n) is 12.7. The SMILES string of the molecule is COc1ccc2sc(N3CCN(C(=O)c4ccc(S(=O)(=O)N5CCc6ccccc65)cc4)CC3)nc2c1OC. The molecule has 39 heavy (non-hydrogen) atoms. The molecule has 0 N–H and O–H groups in total. The number of fused-ring (bicyclic) bond motifs is 2. The van der Waals surface area contributed by atoms with Crippen molar-refractivity contribution in [2.45, 2.75) is 11.3 Å². The van der Waals surface area contributed by atoms with E-state index >= 15 is 0 Å². The number of anilines is 2. The van der Waals surface area contributed by atoms with E-state index < -0.39 is 10.0 Å². The summed E-state index contributed by atoms with van der Waals surface area (Å²) in [6.07, 6.45) is 0.691. The fourth-order valence-corrected chi connectivity index (χ4v) is 7.69. The van der Waals surface area contributed by atoms with Crippen LogP contribution in [0.25, 0.3) is 10.2 Å². The molecular weight excluding hydrogens is 536 g/mol. The molecule has 1 aromatic heterocycles. The molecule has 4 aromatic rings. The fourth-order valence-electron chi connectivity index (χ4n) is 5.17. The van der Waals surface area contributed by atoms with Crippen molar-refractivity contribution in [2.24, 2.45) is 0 Å². The van der Waals surface area contributed by atoms with Crippen LogP contribution in [-0.2, 0) is 16.4 Å². The van der Waals surface area contributed by atoms with Gasteiger partial charge in [-0.25, -0.2) is 13.4 Å². The van der Waals surface area contributed by atoms with E-state index in [-0.39, 0.29) is 10.8 Å². The lowest BCUT2D eigenvalue weighted by Crippen LogP contribution is -2.48. The van der Waals surface area contributed by atoms with Crippen LogP contribution in [0.2, 0.25) is 0 Å². The van der Waals surface area contributed by atoms with Gasteiger partial charge in [-0.1, -0.05) is 29.5 Å². The molecule has 2 aliphatic heterocycles. The monoisotopic (exact) mass is 564 g/mol. The van der Waals surface area contributed by atoms with E-state index in [1.165, 1.54) is 16.4 Å². The number of ether oxygens (including phenoxy) is 2. The second-order valence-electron chi connectivity index (χ2n) is 9.40. The van der Waals surface area contributed by atoms with E-state index in [9.17, 15) is 13.2 Å². The molecule has 2 aliphatic rings. The van der Waals surface area contributed by atoms with Crippen LogP contribution >= 0.6 is 11.3 Å². The molecule has 1 saturated heterocycles. The first kappa shape index (κ1) is 25.4. The Bertz CT molecular complexity index is 1640. The van der Waals surface area contributed by atoms with Crippen LogP contribution in [0, 0.1) is 0 Å². The van der Waals surface area contributed by atoms with Crippen LogP contribution < -0.4 is 18.7 Å². The highest BCUT2D eigenvalue weighted by Crippen LogP contribution is 2.40. The van der Waals surface area contributed by atoms with Crippen LogP contribution in [0.1, 0.15) is 15.9 Å². The van der Waals surface area contributed by atoms with E-state index in [0.717, 1.165) is 26.6 Å². The Morgan fingerprint density at radius 1 is 0.897 bits per heavy atom. The van der Waals surface area contributed by atoms with Crippen LogP contribution in [0.5, 0.6) is 11.5 Å². The number of methoxy groups -OCH3 is 2. The summed E-state index contributed by atoms with van der Waals surface area (Å²) in [4.78, 5) is 22.2.